The predicted octanol–water partition coefficient (Wildman–Crippen LogP) is 4.25. The number of amides is 2. The molecule has 0 saturated carbocycles. The van der Waals surface area contributed by atoms with Crippen molar-refractivity contribution < 1.29 is 23.5 Å². The maximum atomic E-state index is 14.5. The number of nitrogens with two attached hydrogens (primary N) is 2. The van der Waals surface area contributed by atoms with Crippen LogP contribution in [0.5, 0.6) is 0 Å². The van der Waals surface area contributed by atoms with Gasteiger partial charge in [-0.3, -0.25) is 9.59 Å². The molecular formula is C32H42F2N4O3. The molecule has 7 nitrogen and oxygen atoms in total. The fourth-order valence-electron chi connectivity index (χ4n) is 5.84. The molecule has 2 amide bonds. The van der Waals surface area contributed by atoms with E-state index in [1.807, 2.05) is 32.0 Å². The van der Waals surface area contributed by atoms with E-state index < -0.39 is 35.0 Å². The Bertz CT molecular complexity index is 1270. The summed E-state index contributed by atoms with van der Waals surface area (Å²) in [4.78, 5) is 28.7. The first kappa shape index (κ1) is 32.0. The van der Waals surface area contributed by atoms with Gasteiger partial charge in [0.15, 0.2) is 0 Å². The summed E-state index contributed by atoms with van der Waals surface area (Å²) in [6.07, 6.45) is 3.71. The largest absolute Gasteiger partial charge is 0.399 e. The Hall–Kier alpha value is -3.56. The van der Waals surface area contributed by atoms with E-state index in [-0.39, 0.29) is 30.9 Å². The maximum Gasteiger partial charge on any atom is 0.244 e. The summed E-state index contributed by atoms with van der Waals surface area (Å²) >= 11 is 0. The summed E-state index contributed by atoms with van der Waals surface area (Å²) < 4.78 is 28.6. The quantitative estimate of drug-likeness (QED) is 0.254. The summed E-state index contributed by atoms with van der Waals surface area (Å²) in [6, 6.07) is 10.5. The summed E-state index contributed by atoms with van der Waals surface area (Å²) in [5.74, 6) is -3.25. The van der Waals surface area contributed by atoms with Crippen molar-refractivity contribution in [2.24, 2.45) is 17.1 Å². The van der Waals surface area contributed by atoms with Crippen molar-refractivity contribution in [3.05, 3.63) is 88.5 Å². The topological polar surface area (TPSA) is 122 Å². The average molecular weight is 569 g/mol. The first-order chi connectivity index (χ1) is 19.5. The highest BCUT2D eigenvalue weighted by Crippen LogP contribution is 2.45. The molecule has 3 atom stereocenters. The van der Waals surface area contributed by atoms with E-state index in [9.17, 15) is 23.5 Å². The molecule has 0 fully saturated rings. The molecule has 0 aromatic heterocycles. The monoisotopic (exact) mass is 568 g/mol. The summed E-state index contributed by atoms with van der Waals surface area (Å²) in [7, 11) is 0. The van der Waals surface area contributed by atoms with Crippen molar-refractivity contribution in [1.29, 1.82) is 0 Å². The zero-order valence-corrected chi connectivity index (χ0v) is 24.1. The van der Waals surface area contributed by atoms with Crippen LogP contribution in [0.25, 0.3) is 0 Å². The molecule has 1 aliphatic rings. The van der Waals surface area contributed by atoms with Gasteiger partial charge >= 0.3 is 0 Å². The molecule has 6 N–H and O–H groups in total. The van der Waals surface area contributed by atoms with E-state index in [4.69, 9.17) is 11.5 Å². The van der Waals surface area contributed by atoms with Crippen LogP contribution in [0, 0.1) is 23.0 Å². The third-order valence-corrected chi connectivity index (χ3v) is 7.50. The van der Waals surface area contributed by atoms with Crippen LogP contribution in [-0.2, 0) is 22.6 Å². The molecule has 0 radical (unpaired) electrons. The van der Waals surface area contributed by atoms with Gasteiger partial charge in [0.2, 0.25) is 11.8 Å². The second kappa shape index (κ2) is 14.4. The van der Waals surface area contributed by atoms with Gasteiger partial charge in [-0.2, -0.15) is 0 Å². The third-order valence-electron chi connectivity index (χ3n) is 7.50. The lowest BCUT2D eigenvalue weighted by Crippen LogP contribution is -2.54. The summed E-state index contributed by atoms with van der Waals surface area (Å²) in [5.41, 5.74) is 13.0. The van der Waals surface area contributed by atoms with Crippen molar-refractivity contribution in [1.82, 2.24) is 10.2 Å². The Morgan fingerprint density at radius 3 is 2.32 bits per heavy atom. The lowest BCUT2D eigenvalue weighted by molar-refractivity contribution is -0.145. The highest BCUT2D eigenvalue weighted by molar-refractivity contribution is 5.96. The second-order valence-electron chi connectivity index (χ2n) is 11.0. The lowest BCUT2D eigenvalue weighted by atomic mass is 9.63. The molecule has 2 aromatic rings. The number of benzene rings is 2. The zero-order valence-electron chi connectivity index (χ0n) is 24.1. The van der Waals surface area contributed by atoms with Crippen LogP contribution in [0.1, 0.15) is 51.2 Å². The zero-order chi connectivity index (χ0) is 30.2. The number of aliphatic hydroxyl groups is 1. The van der Waals surface area contributed by atoms with Crippen molar-refractivity contribution >= 4 is 17.5 Å². The molecule has 1 unspecified atom stereocenters. The van der Waals surface area contributed by atoms with Crippen LogP contribution >= 0.6 is 0 Å². The van der Waals surface area contributed by atoms with E-state index in [1.165, 1.54) is 12.1 Å². The van der Waals surface area contributed by atoms with Crippen LogP contribution in [0.15, 0.2) is 65.8 Å². The number of nitrogens with zero attached hydrogens (tertiary/aromatic N) is 1. The molecule has 0 spiro atoms. The fourth-order valence-corrected chi connectivity index (χ4v) is 5.84. The molecule has 0 aliphatic heterocycles. The first-order valence-electron chi connectivity index (χ1n) is 14.2. The van der Waals surface area contributed by atoms with Gasteiger partial charge in [-0.25, -0.2) is 8.78 Å². The number of hydrogen-bond donors (Lipinski definition) is 4. The van der Waals surface area contributed by atoms with E-state index in [0.717, 1.165) is 11.6 Å². The Kier molecular flexibility index (Phi) is 11.2. The van der Waals surface area contributed by atoms with Crippen molar-refractivity contribution in [3.63, 3.8) is 0 Å². The van der Waals surface area contributed by atoms with Crippen LogP contribution < -0.4 is 16.8 Å². The minimum atomic E-state index is -1.38. The molecule has 0 saturated heterocycles. The van der Waals surface area contributed by atoms with Gasteiger partial charge in [0.05, 0.1) is 11.5 Å². The lowest BCUT2D eigenvalue weighted by Gasteiger charge is -2.45. The van der Waals surface area contributed by atoms with Crippen LogP contribution in [0.2, 0.25) is 0 Å². The van der Waals surface area contributed by atoms with Gasteiger partial charge in [-0.05, 0) is 68.0 Å². The van der Waals surface area contributed by atoms with Gasteiger partial charge < -0.3 is 26.8 Å². The number of allylic oxidation sites excluding steroid dienone is 2. The number of primary amides is 1. The number of halogens is 2. The fraction of sp³-hybridized carbons (Fsp3) is 0.438. The SMILES string of the molecule is CCCN(CCC)C(=O)C1([C@H](Cc2cc(F)cc(F)c2)[C@@H](O)CNCc2cccc(N)c2)C=C(C)C=C(C(N)=O)C1. The Morgan fingerprint density at radius 2 is 1.73 bits per heavy atom. The van der Waals surface area contributed by atoms with E-state index >= 15 is 0 Å². The highest BCUT2D eigenvalue weighted by atomic mass is 19.1. The average Bonchev–Trinajstić information content (AvgIpc) is 2.90. The molecular weight excluding hydrogens is 526 g/mol. The number of nitrogen functional groups attached to an aromatic ring is 1. The van der Waals surface area contributed by atoms with Gasteiger partial charge in [-0.1, -0.05) is 43.7 Å². The smallest absolute Gasteiger partial charge is 0.244 e. The van der Waals surface area contributed by atoms with Crippen molar-refractivity contribution in [2.45, 2.75) is 59.1 Å². The minimum absolute atomic E-state index is 0.0105. The van der Waals surface area contributed by atoms with E-state index in [2.05, 4.69) is 5.32 Å². The molecule has 41 heavy (non-hydrogen) atoms. The van der Waals surface area contributed by atoms with Crippen molar-refractivity contribution in [3.8, 4) is 0 Å². The van der Waals surface area contributed by atoms with Crippen LogP contribution in [0.3, 0.4) is 0 Å². The number of nitrogens with one attached hydrogen (secondary N) is 1. The molecule has 0 heterocycles. The standard InChI is InChI=1S/C32H42F2N4O3/c1-4-9-38(10-5-2)31(41)32(17-21(3)11-24(18-32)30(36)40)28(15-23-12-25(33)16-26(34)13-23)29(39)20-37-19-22-7-6-8-27(35)14-22/h6-8,11-14,16-17,28-29,37,39H,4-5,9-10,15,18-20,35H2,1-3H3,(H2,36,40)/t28-,29+,32?/m1/s1. The van der Waals surface area contributed by atoms with Crippen molar-refractivity contribution in [2.75, 3.05) is 25.4 Å². The maximum absolute atomic E-state index is 14.5. The van der Waals surface area contributed by atoms with E-state index in [0.29, 0.717) is 49.3 Å². The third kappa shape index (κ3) is 8.24. The van der Waals surface area contributed by atoms with Crippen LogP contribution in [-0.4, -0.2) is 47.6 Å². The normalized spacial score (nSPS) is 18.3. The number of aliphatic hydroxyl groups excluding tert-OH is 1. The number of anilines is 1. The van der Waals surface area contributed by atoms with Gasteiger partial charge in [0.1, 0.15) is 11.6 Å². The predicted molar refractivity (Wildman–Crippen MR) is 157 cm³/mol. The Balaban J connectivity index is 2.09. The minimum Gasteiger partial charge on any atom is -0.399 e. The van der Waals surface area contributed by atoms with Gasteiger partial charge in [0, 0.05) is 49.4 Å². The van der Waals surface area contributed by atoms with E-state index in [1.54, 1.807) is 30.0 Å². The molecule has 222 valence electrons. The Morgan fingerprint density at radius 1 is 1.07 bits per heavy atom. The molecule has 1 aliphatic carbocycles. The molecule has 2 aromatic carbocycles. The molecule has 9 heteroatoms. The first-order valence-corrected chi connectivity index (χ1v) is 14.2. The van der Waals surface area contributed by atoms with Gasteiger partial charge in [0.25, 0.3) is 0 Å². The van der Waals surface area contributed by atoms with Gasteiger partial charge in [-0.15, -0.1) is 0 Å². The summed E-state index contributed by atoms with van der Waals surface area (Å²) in [5, 5.41) is 15.0. The summed E-state index contributed by atoms with van der Waals surface area (Å²) in [6.45, 7) is 7.18. The Labute approximate surface area is 241 Å². The number of carbonyl (C=O) groups excluding carboxylic acids is 2. The number of hydrogen-bond acceptors (Lipinski definition) is 5. The molecule has 3 rings (SSSR count). The number of rotatable bonds is 14. The number of carbonyl (C=O) groups is 2. The highest BCUT2D eigenvalue weighted by Gasteiger charge is 2.50. The second-order valence-corrected chi connectivity index (χ2v) is 11.0. The van der Waals surface area contributed by atoms with Crippen LogP contribution in [0.4, 0.5) is 14.5 Å². The molecule has 0 bridgehead atoms.